The van der Waals surface area contributed by atoms with E-state index in [4.69, 9.17) is 0 Å². The van der Waals surface area contributed by atoms with Gasteiger partial charge in [0.05, 0.1) is 17.9 Å². The number of nitrogens with one attached hydrogen (secondary N) is 2. The van der Waals surface area contributed by atoms with Gasteiger partial charge in [0.25, 0.3) is 0 Å². The van der Waals surface area contributed by atoms with E-state index in [0.29, 0.717) is 0 Å². The summed E-state index contributed by atoms with van der Waals surface area (Å²) in [5, 5.41) is 6.86. The van der Waals surface area contributed by atoms with Crippen molar-refractivity contribution in [1.29, 1.82) is 0 Å². The first-order valence-corrected chi connectivity index (χ1v) is 4.31. The predicted molar refractivity (Wildman–Crippen MR) is 45.9 cm³/mol. The van der Waals surface area contributed by atoms with Gasteiger partial charge in [0.1, 0.15) is 0 Å². The number of aliphatic imine (C=N–C) groups is 1. The summed E-state index contributed by atoms with van der Waals surface area (Å²) >= 11 is 0. The van der Waals surface area contributed by atoms with Crippen LogP contribution in [0.1, 0.15) is 19.8 Å². The monoisotopic (exact) mass is 153 g/mol. The van der Waals surface area contributed by atoms with Crippen molar-refractivity contribution in [2.24, 2.45) is 4.99 Å². The smallest absolute Gasteiger partial charge is 0.0938 e. The Kier molecular flexibility index (Phi) is 1.60. The van der Waals surface area contributed by atoms with Crippen molar-refractivity contribution >= 4 is 5.84 Å². The molecule has 2 rings (SSSR count). The third-order valence-electron chi connectivity index (χ3n) is 2.54. The summed E-state index contributed by atoms with van der Waals surface area (Å²) in [6.45, 7) is 5.26. The number of hydrogen-bond donors (Lipinski definition) is 2. The molecule has 0 aliphatic carbocycles. The van der Waals surface area contributed by atoms with Crippen molar-refractivity contribution in [3.05, 3.63) is 0 Å². The summed E-state index contributed by atoms with van der Waals surface area (Å²) in [5.74, 6) is 1.11. The first-order chi connectivity index (χ1) is 5.31. The topological polar surface area (TPSA) is 36.4 Å². The Labute approximate surface area is 67.3 Å². The molecule has 11 heavy (non-hydrogen) atoms. The molecule has 0 radical (unpaired) electrons. The average Bonchev–Trinajstić information content (AvgIpc) is 2.34. The van der Waals surface area contributed by atoms with Crippen molar-refractivity contribution in [2.75, 3.05) is 19.6 Å². The van der Waals surface area contributed by atoms with Gasteiger partial charge in [0.2, 0.25) is 0 Å². The summed E-state index contributed by atoms with van der Waals surface area (Å²) in [5.41, 5.74) is 0.280. The van der Waals surface area contributed by atoms with Gasteiger partial charge in [-0.1, -0.05) is 0 Å². The maximum atomic E-state index is 4.38. The van der Waals surface area contributed by atoms with Crippen molar-refractivity contribution in [2.45, 2.75) is 25.3 Å². The van der Waals surface area contributed by atoms with Gasteiger partial charge in [-0.3, -0.25) is 4.99 Å². The molecule has 0 bridgehead atoms. The Morgan fingerprint density at radius 1 is 1.55 bits per heavy atom. The summed E-state index contributed by atoms with van der Waals surface area (Å²) in [7, 11) is 0. The Morgan fingerprint density at radius 2 is 2.45 bits per heavy atom. The minimum atomic E-state index is 0.280. The van der Waals surface area contributed by atoms with Crippen LogP contribution in [0.4, 0.5) is 0 Å². The lowest BCUT2D eigenvalue weighted by molar-refractivity contribution is 0.307. The Hall–Kier alpha value is -0.570. The van der Waals surface area contributed by atoms with Crippen molar-refractivity contribution < 1.29 is 0 Å². The van der Waals surface area contributed by atoms with E-state index in [1.807, 2.05) is 6.92 Å². The van der Waals surface area contributed by atoms with E-state index in [9.17, 15) is 0 Å². The molecule has 2 aliphatic rings. The third-order valence-corrected chi connectivity index (χ3v) is 2.54. The zero-order chi connectivity index (χ0) is 7.73. The van der Waals surface area contributed by atoms with E-state index in [0.717, 1.165) is 18.9 Å². The predicted octanol–water partition coefficient (Wildman–Crippen LogP) is 0.130. The molecular weight excluding hydrogens is 138 g/mol. The molecule has 0 aromatic heterocycles. The summed E-state index contributed by atoms with van der Waals surface area (Å²) < 4.78 is 0. The first-order valence-electron chi connectivity index (χ1n) is 4.31. The van der Waals surface area contributed by atoms with Gasteiger partial charge in [0, 0.05) is 6.54 Å². The third kappa shape index (κ3) is 1.25. The Bertz CT molecular complexity index is 180. The zero-order valence-corrected chi connectivity index (χ0v) is 6.98. The maximum Gasteiger partial charge on any atom is 0.0938 e. The molecule has 2 aliphatic heterocycles. The quantitative estimate of drug-likeness (QED) is 0.519. The zero-order valence-electron chi connectivity index (χ0n) is 6.98. The molecule has 2 N–H and O–H groups in total. The molecule has 3 nitrogen and oxygen atoms in total. The molecule has 0 aromatic carbocycles. The molecule has 0 saturated carbocycles. The highest BCUT2D eigenvalue weighted by Crippen LogP contribution is 2.19. The standard InChI is InChI=1S/C8H15N3/c1-7-10-6-8(11-7)3-2-4-9-5-8/h9H,2-6H2,1H3,(H,10,11). The fourth-order valence-corrected chi connectivity index (χ4v) is 1.94. The van der Waals surface area contributed by atoms with Gasteiger partial charge in [-0.2, -0.15) is 0 Å². The maximum absolute atomic E-state index is 4.38. The molecule has 1 saturated heterocycles. The number of amidine groups is 1. The summed E-state index contributed by atoms with van der Waals surface area (Å²) in [6, 6.07) is 0. The van der Waals surface area contributed by atoms with Crippen LogP contribution in [-0.2, 0) is 0 Å². The highest BCUT2D eigenvalue weighted by Gasteiger charge is 2.34. The van der Waals surface area contributed by atoms with Crippen LogP contribution in [-0.4, -0.2) is 31.0 Å². The fourth-order valence-electron chi connectivity index (χ4n) is 1.94. The minimum Gasteiger partial charge on any atom is -0.365 e. The van der Waals surface area contributed by atoms with Crippen LogP contribution in [0.3, 0.4) is 0 Å². The molecule has 1 unspecified atom stereocenters. The molecule has 3 heteroatoms. The van der Waals surface area contributed by atoms with Gasteiger partial charge in [0.15, 0.2) is 0 Å². The molecular formula is C8H15N3. The van der Waals surface area contributed by atoms with Crippen LogP contribution >= 0.6 is 0 Å². The van der Waals surface area contributed by atoms with Crippen LogP contribution < -0.4 is 10.6 Å². The molecule has 1 spiro atoms. The van der Waals surface area contributed by atoms with Crippen LogP contribution in [0.5, 0.6) is 0 Å². The second kappa shape index (κ2) is 2.48. The number of nitrogens with zero attached hydrogens (tertiary/aromatic N) is 1. The molecule has 1 atom stereocenters. The summed E-state index contributed by atoms with van der Waals surface area (Å²) in [6.07, 6.45) is 2.54. The van der Waals surface area contributed by atoms with Crippen LogP contribution in [0.25, 0.3) is 0 Å². The van der Waals surface area contributed by atoms with Gasteiger partial charge in [-0.05, 0) is 26.3 Å². The van der Waals surface area contributed by atoms with Crippen LogP contribution in [0.2, 0.25) is 0 Å². The van der Waals surface area contributed by atoms with Gasteiger partial charge in [-0.15, -0.1) is 0 Å². The van der Waals surface area contributed by atoms with E-state index >= 15 is 0 Å². The summed E-state index contributed by atoms with van der Waals surface area (Å²) in [4.78, 5) is 4.38. The largest absolute Gasteiger partial charge is 0.365 e. The van der Waals surface area contributed by atoms with Crippen molar-refractivity contribution in [1.82, 2.24) is 10.6 Å². The van der Waals surface area contributed by atoms with Crippen molar-refractivity contribution in [3.63, 3.8) is 0 Å². The molecule has 1 fully saturated rings. The average molecular weight is 153 g/mol. The first kappa shape index (κ1) is 7.10. The Morgan fingerprint density at radius 3 is 3.00 bits per heavy atom. The van der Waals surface area contributed by atoms with E-state index in [1.165, 1.54) is 19.4 Å². The SMILES string of the molecule is CC1=NCC2(CCCNC2)N1. The second-order valence-electron chi connectivity index (χ2n) is 3.59. The van der Waals surface area contributed by atoms with Crippen molar-refractivity contribution in [3.8, 4) is 0 Å². The molecule has 0 aromatic rings. The fraction of sp³-hybridized carbons (Fsp3) is 0.875. The van der Waals surface area contributed by atoms with E-state index in [2.05, 4.69) is 15.6 Å². The van der Waals surface area contributed by atoms with Crippen LogP contribution in [0, 0.1) is 0 Å². The number of hydrogen-bond acceptors (Lipinski definition) is 3. The van der Waals surface area contributed by atoms with Gasteiger partial charge >= 0.3 is 0 Å². The normalized spacial score (nSPS) is 37.0. The highest BCUT2D eigenvalue weighted by atomic mass is 15.2. The van der Waals surface area contributed by atoms with Gasteiger partial charge in [-0.25, -0.2) is 0 Å². The number of rotatable bonds is 0. The number of piperidine rings is 1. The highest BCUT2D eigenvalue weighted by molar-refractivity contribution is 5.82. The Balaban J connectivity index is 2.01. The lowest BCUT2D eigenvalue weighted by atomic mass is 9.91. The lowest BCUT2D eigenvalue weighted by Crippen LogP contribution is -2.55. The minimum absolute atomic E-state index is 0.280. The molecule has 62 valence electrons. The van der Waals surface area contributed by atoms with E-state index < -0.39 is 0 Å². The van der Waals surface area contributed by atoms with Crippen LogP contribution in [0.15, 0.2) is 4.99 Å². The van der Waals surface area contributed by atoms with Gasteiger partial charge < -0.3 is 10.6 Å². The van der Waals surface area contributed by atoms with E-state index in [-0.39, 0.29) is 5.54 Å². The lowest BCUT2D eigenvalue weighted by Gasteiger charge is -2.33. The molecule has 2 heterocycles. The molecule has 0 amide bonds. The van der Waals surface area contributed by atoms with E-state index in [1.54, 1.807) is 0 Å². The second-order valence-corrected chi connectivity index (χ2v) is 3.59.